The second kappa shape index (κ2) is 4.84. The number of nitrogens with two attached hydrogens (primary N) is 1. The summed E-state index contributed by atoms with van der Waals surface area (Å²) in [6.07, 6.45) is 6.82. The molecular formula is C9H17N3O. The minimum absolute atomic E-state index is 0.501. The first-order valence-corrected chi connectivity index (χ1v) is 4.79. The summed E-state index contributed by atoms with van der Waals surface area (Å²) in [4.78, 5) is 10.3. The standard InChI is InChI=1S/C9H17N3O/c1-7-4-2-3-5-8(7)6-11-12-9(10)13/h6-8H,2-5H2,1H3,(H3,10,12,13)/b11-6+/t7-,8-/m1/s1. The second-order valence-electron chi connectivity index (χ2n) is 3.68. The number of primary amides is 1. The van der Waals surface area contributed by atoms with Gasteiger partial charge in [-0.1, -0.05) is 26.2 Å². The molecule has 13 heavy (non-hydrogen) atoms. The largest absolute Gasteiger partial charge is 0.350 e. The molecule has 2 amide bonds. The van der Waals surface area contributed by atoms with E-state index in [1.165, 1.54) is 25.7 Å². The van der Waals surface area contributed by atoms with Gasteiger partial charge in [0.2, 0.25) is 0 Å². The molecule has 1 aliphatic carbocycles. The third kappa shape index (κ3) is 3.44. The van der Waals surface area contributed by atoms with Crippen LogP contribution in [0.2, 0.25) is 0 Å². The van der Waals surface area contributed by atoms with E-state index in [1.807, 2.05) is 6.21 Å². The summed E-state index contributed by atoms with van der Waals surface area (Å²) in [5, 5.41) is 3.80. The molecule has 1 fully saturated rings. The van der Waals surface area contributed by atoms with Crippen molar-refractivity contribution < 1.29 is 4.79 Å². The number of carbonyl (C=O) groups excluding carboxylic acids is 1. The summed E-state index contributed by atoms with van der Waals surface area (Å²) < 4.78 is 0. The molecule has 0 bridgehead atoms. The van der Waals surface area contributed by atoms with Crippen LogP contribution in [0.3, 0.4) is 0 Å². The number of nitrogens with zero attached hydrogens (tertiary/aromatic N) is 1. The van der Waals surface area contributed by atoms with Crippen molar-refractivity contribution in [2.45, 2.75) is 32.6 Å². The summed E-state index contributed by atoms with van der Waals surface area (Å²) in [7, 11) is 0. The molecule has 0 aromatic carbocycles. The predicted molar refractivity (Wildman–Crippen MR) is 52.3 cm³/mol. The van der Waals surface area contributed by atoms with Crippen LogP contribution in [0.1, 0.15) is 32.6 Å². The molecule has 1 rings (SSSR count). The fourth-order valence-corrected chi connectivity index (χ4v) is 1.76. The predicted octanol–water partition coefficient (Wildman–Crippen LogP) is 1.47. The molecule has 3 N–H and O–H groups in total. The highest BCUT2D eigenvalue weighted by Crippen LogP contribution is 2.27. The van der Waals surface area contributed by atoms with Crippen molar-refractivity contribution in [3.63, 3.8) is 0 Å². The van der Waals surface area contributed by atoms with E-state index in [1.54, 1.807) is 0 Å². The molecule has 0 unspecified atom stereocenters. The number of urea groups is 1. The lowest BCUT2D eigenvalue weighted by Gasteiger charge is -2.24. The van der Waals surface area contributed by atoms with Crippen molar-refractivity contribution in [1.29, 1.82) is 0 Å². The highest BCUT2D eigenvalue weighted by Gasteiger charge is 2.19. The number of carbonyl (C=O) groups is 1. The van der Waals surface area contributed by atoms with E-state index < -0.39 is 6.03 Å². The topological polar surface area (TPSA) is 67.5 Å². The van der Waals surface area contributed by atoms with E-state index >= 15 is 0 Å². The van der Waals surface area contributed by atoms with Gasteiger partial charge in [0.1, 0.15) is 0 Å². The van der Waals surface area contributed by atoms with Crippen molar-refractivity contribution in [2.24, 2.45) is 22.7 Å². The van der Waals surface area contributed by atoms with Crippen LogP contribution in [0.4, 0.5) is 4.79 Å². The van der Waals surface area contributed by atoms with Gasteiger partial charge in [0, 0.05) is 6.21 Å². The van der Waals surface area contributed by atoms with E-state index in [0.717, 1.165) is 0 Å². The zero-order valence-electron chi connectivity index (χ0n) is 7.99. The maximum Gasteiger partial charge on any atom is 0.332 e. The number of hydrogen-bond acceptors (Lipinski definition) is 2. The molecule has 0 radical (unpaired) electrons. The number of nitrogens with one attached hydrogen (secondary N) is 1. The molecule has 0 heterocycles. The first-order chi connectivity index (χ1) is 6.20. The lowest BCUT2D eigenvalue weighted by Crippen LogP contribution is -2.26. The Morgan fingerprint density at radius 3 is 2.85 bits per heavy atom. The Hall–Kier alpha value is -1.06. The molecular weight excluding hydrogens is 166 g/mol. The fraction of sp³-hybridized carbons (Fsp3) is 0.778. The first kappa shape index (κ1) is 10.0. The molecule has 4 nitrogen and oxygen atoms in total. The van der Waals surface area contributed by atoms with Gasteiger partial charge in [-0.05, 0) is 18.3 Å². The van der Waals surface area contributed by atoms with Gasteiger partial charge in [0.05, 0.1) is 0 Å². The maximum atomic E-state index is 10.3. The highest BCUT2D eigenvalue weighted by molar-refractivity contribution is 5.73. The molecule has 1 aliphatic rings. The highest BCUT2D eigenvalue weighted by atomic mass is 16.2. The number of hydrogen-bond donors (Lipinski definition) is 2. The Morgan fingerprint density at radius 1 is 1.54 bits per heavy atom. The van der Waals surface area contributed by atoms with Gasteiger partial charge < -0.3 is 5.73 Å². The number of rotatable bonds is 2. The minimum Gasteiger partial charge on any atom is -0.350 e. The third-order valence-corrected chi connectivity index (χ3v) is 2.62. The van der Waals surface area contributed by atoms with Gasteiger partial charge in [-0.2, -0.15) is 5.10 Å². The average molecular weight is 183 g/mol. The van der Waals surface area contributed by atoms with Crippen LogP contribution in [0.5, 0.6) is 0 Å². The van der Waals surface area contributed by atoms with Gasteiger partial charge in [0.25, 0.3) is 0 Å². The summed E-state index contributed by atoms with van der Waals surface area (Å²) in [6.45, 7) is 2.22. The Kier molecular flexibility index (Phi) is 3.73. The molecule has 0 aliphatic heterocycles. The Bertz CT molecular complexity index is 203. The van der Waals surface area contributed by atoms with Crippen LogP contribution in [0, 0.1) is 11.8 Å². The van der Waals surface area contributed by atoms with E-state index in [0.29, 0.717) is 11.8 Å². The van der Waals surface area contributed by atoms with E-state index in [2.05, 4.69) is 17.5 Å². The van der Waals surface area contributed by atoms with Crippen LogP contribution >= 0.6 is 0 Å². The van der Waals surface area contributed by atoms with Crippen LogP contribution in [-0.4, -0.2) is 12.2 Å². The molecule has 1 saturated carbocycles. The summed E-state index contributed by atoms with van der Waals surface area (Å²) >= 11 is 0. The average Bonchev–Trinajstić information content (AvgIpc) is 2.08. The third-order valence-electron chi connectivity index (χ3n) is 2.62. The zero-order chi connectivity index (χ0) is 9.68. The van der Waals surface area contributed by atoms with E-state index in [4.69, 9.17) is 5.73 Å². The van der Waals surface area contributed by atoms with Crippen molar-refractivity contribution >= 4 is 12.2 Å². The summed E-state index contributed by atoms with van der Waals surface area (Å²) in [6, 6.07) is -0.597. The first-order valence-electron chi connectivity index (χ1n) is 4.79. The normalized spacial score (nSPS) is 29.0. The minimum atomic E-state index is -0.597. The van der Waals surface area contributed by atoms with Crippen molar-refractivity contribution in [3.05, 3.63) is 0 Å². The van der Waals surface area contributed by atoms with Crippen molar-refractivity contribution in [1.82, 2.24) is 5.43 Å². The lowest BCUT2D eigenvalue weighted by atomic mass is 9.81. The molecule has 0 aromatic heterocycles. The Balaban J connectivity index is 2.33. The molecule has 0 aromatic rings. The summed E-state index contributed by atoms with van der Waals surface area (Å²) in [5.41, 5.74) is 7.10. The molecule has 0 saturated heterocycles. The SMILES string of the molecule is C[C@@H]1CCCC[C@@H]1/C=N/NC(N)=O. The maximum absolute atomic E-state index is 10.3. The molecule has 0 spiro atoms. The lowest BCUT2D eigenvalue weighted by molar-refractivity contribution is 0.249. The van der Waals surface area contributed by atoms with Gasteiger partial charge >= 0.3 is 6.03 Å². The van der Waals surface area contributed by atoms with Gasteiger partial charge in [-0.15, -0.1) is 0 Å². The van der Waals surface area contributed by atoms with Gasteiger partial charge in [0.15, 0.2) is 0 Å². The molecule has 74 valence electrons. The smallest absolute Gasteiger partial charge is 0.332 e. The quantitative estimate of drug-likeness (QED) is 0.494. The van der Waals surface area contributed by atoms with E-state index in [9.17, 15) is 4.79 Å². The van der Waals surface area contributed by atoms with Gasteiger partial charge in [-0.3, -0.25) is 0 Å². The van der Waals surface area contributed by atoms with Gasteiger partial charge in [-0.25, -0.2) is 10.2 Å². The second-order valence-corrected chi connectivity index (χ2v) is 3.68. The number of hydrazone groups is 1. The molecule has 4 heteroatoms. The monoisotopic (exact) mass is 183 g/mol. The van der Waals surface area contributed by atoms with Crippen LogP contribution in [0.15, 0.2) is 5.10 Å². The summed E-state index contributed by atoms with van der Waals surface area (Å²) in [5.74, 6) is 1.17. The Morgan fingerprint density at radius 2 is 2.23 bits per heavy atom. The van der Waals surface area contributed by atoms with Crippen LogP contribution in [0.25, 0.3) is 0 Å². The van der Waals surface area contributed by atoms with Crippen LogP contribution in [-0.2, 0) is 0 Å². The zero-order valence-corrected chi connectivity index (χ0v) is 7.99. The van der Waals surface area contributed by atoms with Crippen LogP contribution < -0.4 is 11.2 Å². The van der Waals surface area contributed by atoms with Crippen molar-refractivity contribution in [3.8, 4) is 0 Å². The van der Waals surface area contributed by atoms with Crippen molar-refractivity contribution in [2.75, 3.05) is 0 Å². The fourth-order valence-electron chi connectivity index (χ4n) is 1.76. The number of amides is 2. The molecule has 2 atom stereocenters. The van der Waals surface area contributed by atoms with E-state index in [-0.39, 0.29) is 0 Å². The Labute approximate surface area is 78.6 Å².